The van der Waals surface area contributed by atoms with Gasteiger partial charge in [-0.05, 0) is 11.6 Å². The van der Waals surface area contributed by atoms with E-state index in [1.165, 1.54) is 0 Å². The maximum atomic E-state index is 5.80. The van der Waals surface area contributed by atoms with Gasteiger partial charge in [0.25, 0.3) is 0 Å². The van der Waals surface area contributed by atoms with Crippen LogP contribution >= 0.6 is 24.0 Å². The number of hydrogen-bond donors (Lipinski definition) is 1. The van der Waals surface area contributed by atoms with Crippen molar-refractivity contribution in [2.45, 2.75) is 13.1 Å². The molecule has 4 nitrogen and oxygen atoms in total. The molecule has 0 atom stereocenters. The highest BCUT2D eigenvalue weighted by Crippen LogP contribution is 2.24. The first-order valence-corrected chi connectivity index (χ1v) is 4.49. The van der Waals surface area contributed by atoms with E-state index in [-0.39, 0.29) is 12.4 Å². The van der Waals surface area contributed by atoms with Crippen LogP contribution in [0.3, 0.4) is 0 Å². The van der Waals surface area contributed by atoms with Crippen molar-refractivity contribution in [3.05, 3.63) is 16.5 Å². The molecular formula is C8H12Cl2N4. The van der Waals surface area contributed by atoms with E-state index < -0.39 is 0 Å². The number of halogens is 2. The number of fused-ring (bicyclic) bond motifs is 1. The van der Waals surface area contributed by atoms with Crippen LogP contribution in [-0.4, -0.2) is 24.1 Å². The predicted molar refractivity (Wildman–Crippen MR) is 59.2 cm³/mol. The van der Waals surface area contributed by atoms with Gasteiger partial charge in [-0.25, -0.2) is 9.97 Å². The molecule has 0 unspecified atom stereocenters. The van der Waals surface area contributed by atoms with Crippen LogP contribution in [0.2, 0.25) is 5.28 Å². The summed E-state index contributed by atoms with van der Waals surface area (Å²) < 4.78 is 0. The van der Waals surface area contributed by atoms with Crippen LogP contribution in [0.1, 0.15) is 11.3 Å². The summed E-state index contributed by atoms with van der Waals surface area (Å²) in [6.45, 7) is 1.62. The summed E-state index contributed by atoms with van der Waals surface area (Å²) in [7, 11) is 3.91. The Morgan fingerprint density at radius 1 is 1.29 bits per heavy atom. The van der Waals surface area contributed by atoms with Crippen LogP contribution in [-0.2, 0) is 13.1 Å². The molecule has 0 fully saturated rings. The van der Waals surface area contributed by atoms with Crippen molar-refractivity contribution in [3.8, 4) is 0 Å². The largest absolute Gasteiger partial charge is 0.362 e. The second-order valence-corrected chi connectivity index (χ2v) is 3.58. The molecule has 0 radical (unpaired) electrons. The van der Waals surface area contributed by atoms with E-state index in [1.807, 2.05) is 19.0 Å². The molecule has 0 bridgehead atoms. The molecule has 14 heavy (non-hydrogen) atoms. The topological polar surface area (TPSA) is 41.1 Å². The Balaban J connectivity index is 0.000000980. The first-order valence-electron chi connectivity index (χ1n) is 4.12. The maximum absolute atomic E-state index is 5.80. The lowest BCUT2D eigenvalue weighted by molar-refractivity contribution is 0.757. The second kappa shape index (κ2) is 4.29. The smallest absolute Gasteiger partial charge is 0.224 e. The molecule has 1 aromatic heterocycles. The first-order chi connectivity index (χ1) is 6.18. The van der Waals surface area contributed by atoms with Gasteiger partial charge in [0.05, 0.1) is 5.69 Å². The molecular weight excluding hydrogens is 223 g/mol. The molecule has 1 N–H and O–H groups in total. The van der Waals surface area contributed by atoms with E-state index >= 15 is 0 Å². The molecule has 78 valence electrons. The van der Waals surface area contributed by atoms with Crippen molar-refractivity contribution in [3.63, 3.8) is 0 Å². The van der Waals surface area contributed by atoms with Crippen LogP contribution < -0.4 is 10.2 Å². The highest BCUT2D eigenvalue weighted by atomic mass is 35.5. The average molecular weight is 235 g/mol. The van der Waals surface area contributed by atoms with Crippen LogP contribution in [0.25, 0.3) is 0 Å². The molecule has 0 saturated carbocycles. The minimum atomic E-state index is 0. The van der Waals surface area contributed by atoms with Gasteiger partial charge in [0, 0.05) is 32.7 Å². The summed E-state index contributed by atoms with van der Waals surface area (Å²) in [5, 5.41) is 3.55. The molecule has 0 amide bonds. The third-order valence-corrected chi connectivity index (χ3v) is 2.23. The van der Waals surface area contributed by atoms with Crippen molar-refractivity contribution in [1.82, 2.24) is 15.3 Å². The van der Waals surface area contributed by atoms with Gasteiger partial charge < -0.3 is 10.2 Å². The van der Waals surface area contributed by atoms with Gasteiger partial charge in [-0.2, -0.15) is 0 Å². The first kappa shape index (κ1) is 11.5. The van der Waals surface area contributed by atoms with E-state index in [9.17, 15) is 0 Å². The lowest BCUT2D eigenvalue weighted by atomic mass is 10.2. The predicted octanol–water partition coefficient (Wildman–Crippen LogP) is 1.22. The molecule has 6 heteroatoms. The maximum Gasteiger partial charge on any atom is 0.224 e. The number of aromatic nitrogens is 2. The van der Waals surface area contributed by atoms with Crippen LogP contribution in [0, 0.1) is 0 Å². The minimum absolute atomic E-state index is 0. The number of rotatable bonds is 1. The quantitative estimate of drug-likeness (QED) is 0.743. The summed E-state index contributed by atoms with van der Waals surface area (Å²) >= 11 is 5.80. The standard InChI is InChI=1S/C8H11ClN4.ClH/c1-13(2)7-5-3-10-4-6(5)11-8(9)12-7;/h10H,3-4H2,1-2H3;1H. The van der Waals surface area contributed by atoms with Crippen molar-refractivity contribution in [2.75, 3.05) is 19.0 Å². The molecule has 1 aliphatic heterocycles. The van der Waals surface area contributed by atoms with Crippen molar-refractivity contribution in [1.29, 1.82) is 0 Å². The van der Waals surface area contributed by atoms with Crippen LogP contribution in [0.15, 0.2) is 0 Å². The summed E-state index contributed by atoms with van der Waals surface area (Å²) in [5.41, 5.74) is 2.18. The van der Waals surface area contributed by atoms with Crippen molar-refractivity contribution in [2.24, 2.45) is 0 Å². The van der Waals surface area contributed by atoms with Gasteiger partial charge >= 0.3 is 0 Å². The summed E-state index contributed by atoms with van der Waals surface area (Å²) in [5.74, 6) is 0.917. The fourth-order valence-electron chi connectivity index (χ4n) is 1.49. The van der Waals surface area contributed by atoms with Crippen molar-refractivity contribution < 1.29 is 0 Å². The Morgan fingerprint density at radius 3 is 2.64 bits per heavy atom. The average Bonchev–Trinajstić information content (AvgIpc) is 2.49. The zero-order valence-electron chi connectivity index (χ0n) is 8.04. The fraction of sp³-hybridized carbons (Fsp3) is 0.500. The van der Waals surface area contributed by atoms with Crippen LogP contribution in [0.4, 0.5) is 5.82 Å². The Hall–Kier alpha value is -0.580. The van der Waals surface area contributed by atoms with E-state index in [2.05, 4.69) is 15.3 Å². The van der Waals surface area contributed by atoms with Gasteiger partial charge in [-0.15, -0.1) is 12.4 Å². The van der Waals surface area contributed by atoms with Gasteiger partial charge in [0.1, 0.15) is 5.82 Å². The normalized spacial score (nSPS) is 13.4. The number of nitrogens with one attached hydrogen (secondary N) is 1. The van der Waals surface area contributed by atoms with E-state index in [1.54, 1.807) is 0 Å². The third kappa shape index (κ3) is 1.92. The Bertz CT molecular complexity index is 340. The molecule has 1 aromatic rings. The molecule has 0 aromatic carbocycles. The number of nitrogens with zero attached hydrogens (tertiary/aromatic N) is 3. The molecule has 0 saturated heterocycles. The number of hydrogen-bond acceptors (Lipinski definition) is 4. The number of anilines is 1. The minimum Gasteiger partial charge on any atom is -0.362 e. The fourth-order valence-corrected chi connectivity index (χ4v) is 1.67. The monoisotopic (exact) mass is 234 g/mol. The Morgan fingerprint density at radius 2 is 2.00 bits per heavy atom. The third-order valence-electron chi connectivity index (χ3n) is 2.06. The van der Waals surface area contributed by atoms with Gasteiger partial charge in [0.2, 0.25) is 5.28 Å². The second-order valence-electron chi connectivity index (χ2n) is 3.24. The zero-order valence-corrected chi connectivity index (χ0v) is 9.61. The van der Waals surface area contributed by atoms with Gasteiger partial charge in [-0.1, -0.05) is 0 Å². The molecule has 2 heterocycles. The Kier molecular flexibility index (Phi) is 3.53. The summed E-state index contributed by atoms with van der Waals surface area (Å²) in [4.78, 5) is 10.3. The van der Waals surface area contributed by atoms with Gasteiger partial charge in [0.15, 0.2) is 0 Å². The molecule has 0 spiro atoms. The van der Waals surface area contributed by atoms with E-state index in [0.29, 0.717) is 5.28 Å². The lowest BCUT2D eigenvalue weighted by Gasteiger charge is -2.14. The lowest BCUT2D eigenvalue weighted by Crippen LogP contribution is -2.14. The van der Waals surface area contributed by atoms with E-state index in [0.717, 1.165) is 30.2 Å². The highest BCUT2D eigenvalue weighted by molar-refractivity contribution is 6.28. The van der Waals surface area contributed by atoms with Crippen LogP contribution in [0.5, 0.6) is 0 Å². The van der Waals surface area contributed by atoms with Gasteiger partial charge in [-0.3, -0.25) is 0 Å². The molecule has 1 aliphatic rings. The highest BCUT2D eigenvalue weighted by Gasteiger charge is 2.19. The SMILES string of the molecule is CN(C)c1nc(Cl)nc2c1CNC2.Cl. The summed E-state index contributed by atoms with van der Waals surface area (Å²) in [6.07, 6.45) is 0. The summed E-state index contributed by atoms with van der Waals surface area (Å²) in [6, 6.07) is 0. The Labute approximate surface area is 94.1 Å². The zero-order chi connectivity index (χ0) is 9.42. The molecule has 0 aliphatic carbocycles. The van der Waals surface area contributed by atoms with Crippen molar-refractivity contribution >= 4 is 29.8 Å². The van der Waals surface area contributed by atoms with E-state index in [4.69, 9.17) is 11.6 Å². The molecule has 2 rings (SSSR count).